The van der Waals surface area contributed by atoms with Crippen LogP contribution in [0, 0.1) is 0 Å². The Morgan fingerprint density at radius 3 is 2.67 bits per heavy atom. The summed E-state index contributed by atoms with van der Waals surface area (Å²) in [7, 11) is 5.11. The number of nitrogens with zero attached hydrogens (tertiary/aromatic N) is 6. The Hall–Kier alpha value is -2.10. The molecule has 0 saturated carbocycles. The topological polar surface area (TPSA) is 86.2 Å². The zero-order chi connectivity index (χ0) is 19.8. The summed E-state index contributed by atoms with van der Waals surface area (Å²) < 4.78 is 5.99. The van der Waals surface area contributed by atoms with Crippen LogP contribution in [0.3, 0.4) is 0 Å². The highest BCUT2D eigenvalue weighted by Crippen LogP contribution is 2.23. The molecule has 2 rings (SSSR count). The van der Waals surface area contributed by atoms with Crippen LogP contribution in [-0.4, -0.2) is 92.1 Å². The van der Waals surface area contributed by atoms with Gasteiger partial charge < -0.3 is 24.8 Å². The highest BCUT2D eigenvalue weighted by Gasteiger charge is 2.22. The summed E-state index contributed by atoms with van der Waals surface area (Å²) in [5.41, 5.74) is 0. The molecular weight excluding hydrogens is 414 g/mol. The third-order valence-electron chi connectivity index (χ3n) is 4.18. The third-order valence-corrected chi connectivity index (χ3v) is 4.72. The lowest BCUT2D eigenvalue weighted by Crippen LogP contribution is -2.53. The third kappa shape index (κ3) is 5.95. The van der Waals surface area contributed by atoms with E-state index in [0.29, 0.717) is 24.8 Å². The van der Waals surface area contributed by atoms with E-state index in [-0.39, 0.29) is 5.91 Å². The average Bonchev–Trinajstić information content (AvgIpc) is 2.67. The smallest absolute Gasteiger partial charge is 0.232 e. The maximum absolute atomic E-state index is 11.7. The Bertz CT molecular complexity index is 661. The van der Waals surface area contributed by atoms with Gasteiger partial charge in [0.15, 0.2) is 5.96 Å². The number of amides is 1. The number of piperazine rings is 1. The van der Waals surface area contributed by atoms with Crippen LogP contribution in [0.4, 0.5) is 5.95 Å². The van der Waals surface area contributed by atoms with Gasteiger partial charge >= 0.3 is 0 Å². The van der Waals surface area contributed by atoms with Crippen LogP contribution in [0.25, 0.3) is 0 Å². The Labute approximate surface area is 168 Å². The zero-order valence-corrected chi connectivity index (χ0v) is 18.0. The molecule has 10 heteroatoms. The predicted octanol–water partition coefficient (Wildman–Crippen LogP) is 0.814. The number of aliphatic imine (C=N–C) groups is 1. The quantitative estimate of drug-likeness (QED) is 0.516. The second-order valence-electron chi connectivity index (χ2n) is 6.28. The molecule has 1 aromatic heterocycles. The number of carbonyl (C=O) groups excluding carboxylic acids is 1. The van der Waals surface area contributed by atoms with Crippen LogP contribution in [0.15, 0.2) is 15.7 Å². The molecule has 1 fully saturated rings. The Kier molecular flexibility index (Phi) is 8.08. The maximum Gasteiger partial charge on any atom is 0.232 e. The first-order valence-corrected chi connectivity index (χ1v) is 9.80. The lowest BCUT2D eigenvalue weighted by molar-refractivity contribution is -0.128. The molecule has 150 valence electrons. The average molecular weight is 442 g/mol. The van der Waals surface area contributed by atoms with E-state index in [4.69, 9.17) is 4.74 Å². The highest BCUT2D eigenvalue weighted by molar-refractivity contribution is 9.10. The molecule has 2 heterocycles. The van der Waals surface area contributed by atoms with Crippen LogP contribution in [-0.2, 0) is 4.79 Å². The Balaban J connectivity index is 1.95. The van der Waals surface area contributed by atoms with E-state index in [2.05, 4.69) is 46.0 Å². The van der Waals surface area contributed by atoms with Crippen molar-refractivity contribution in [3.05, 3.63) is 10.7 Å². The fourth-order valence-electron chi connectivity index (χ4n) is 2.66. The standard InChI is InChI=1S/C17H28BrN7O2/c1-5-19-16(20-7-6-14(26)23(2)3)24-8-10-25(11-9-24)17-21-12-13(18)15(22-17)27-4/h12H,5-11H2,1-4H3,(H,19,20). The number of carbonyl (C=O) groups is 1. The summed E-state index contributed by atoms with van der Waals surface area (Å²) in [4.78, 5) is 31.1. The van der Waals surface area contributed by atoms with Crippen LogP contribution in [0.5, 0.6) is 5.88 Å². The number of ether oxygens (including phenoxy) is 1. The van der Waals surface area contributed by atoms with Crippen molar-refractivity contribution in [2.24, 2.45) is 4.99 Å². The minimum absolute atomic E-state index is 0.0840. The molecule has 1 N–H and O–H groups in total. The molecule has 0 atom stereocenters. The summed E-state index contributed by atoms with van der Waals surface area (Å²) in [5.74, 6) is 2.12. The van der Waals surface area contributed by atoms with Crippen LogP contribution in [0.1, 0.15) is 13.3 Å². The van der Waals surface area contributed by atoms with Crippen molar-refractivity contribution in [2.75, 3.05) is 65.4 Å². The normalized spacial score (nSPS) is 14.9. The second kappa shape index (κ2) is 10.3. The van der Waals surface area contributed by atoms with E-state index in [1.54, 1.807) is 32.3 Å². The van der Waals surface area contributed by atoms with Crippen molar-refractivity contribution in [1.82, 2.24) is 25.1 Å². The molecule has 1 aliphatic heterocycles. The van der Waals surface area contributed by atoms with Crippen molar-refractivity contribution < 1.29 is 9.53 Å². The Morgan fingerprint density at radius 2 is 2.07 bits per heavy atom. The van der Waals surface area contributed by atoms with Gasteiger partial charge in [-0.05, 0) is 22.9 Å². The summed E-state index contributed by atoms with van der Waals surface area (Å²) in [5, 5.41) is 3.31. The molecule has 1 amide bonds. The lowest BCUT2D eigenvalue weighted by Gasteiger charge is -2.36. The number of hydrogen-bond donors (Lipinski definition) is 1. The minimum Gasteiger partial charge on any atom is -0.480 e. The van der Waals surface area contributed by atoms with E-state index in [9.17, 15) is 4.79 Å². The SMILES string of the molecule is CCNC(=NCCC(=O)N(C)C)N1CCN(c2ncc(Br)c(OC)n2)CC1. The van der Waals surface area contributed by atoms with Crippen molar-refractivity contribution in [3.63, 3.8) is 0 Å². The number of methoxy groups -OCH3 is 1. The lowest BCUT2D eigenvalue weighted by atomic mass is 10.3. The predicted molar refractivity (Wildman–Crippen MR) is 109 cm³/mol. The molecule has 1 saturated heterocycles. The van der Waals surface area contributed by atoms with Gasteiger partial charge in [-0.3, -0.25) is 9.79 Å². The van der Waals surface area contributed by atoms with Gasteiger partial charge in [-0.25, -0.2) is 4.98 Å². The first-order chi connectivity index (χ1) is 13.0. The van der Waals surface area contributed by atoms with Gasteiger partial charge in [0.25, 0.3) is 0 Å². The number of rotatable bonds is 6. The van der Waals surface area contributed by atoms with Crippen LogP contribution >= 0.6 is 15.9 Å². The van der Waals surface area contributed by atoms with Gasteiger partial charge in [0.2, 0.25) is 17.7 Å². The number of guanidine groups is 1. The number of nitrogens with one attached hydrogen (secondary N) is 1. The van der Waals surface area contributed by atoms with Gasteiger partial charge in [0.1, 0.15) is 0 Å². The molecule has 0 radical (unpaired) electrons. The first-order valence-electron chi connectivity index (χ1n) is 9.01. The number of halogens is 1. The maximum atomic E-state index is 11.7. The summed E-state index contributed by atoms with van der Waals surface area (Å²) in [6.45, 7) is 6.47. The molecule has 1 aliphatic rings. The van der Waals surface area contributed by atoms with E-state index >= 15 is 0 Å². The van der Waals surface area contributed by atoms with Gasteiger partial charge in [-0.2, -0.15) is 4.98 Å². The molecule has 27 heavy (non-hydrogen) atoms. The second-order valence-corrected chi connectivity index (χ2v) is 7.13. The molecule has 0 bridgehead atoms. The molecule has 1 aromatic rings. The number of aromatic nitrogens is 2. The van der Waals surface area contributed by atoms with E-state index in [0.717, 1.165) is 43.2 Å². The van der Waals surface area contributed by atoms with Gasteiger partial charge in [-0.15, -0.1) is 0 Å². The largest absolute Gasteiger partial charge is 0.480 e. The molecule has 9 nitrogen and oxygen atoms in total. The molecule has 0 unspecified atom stereocenters. The molecular formula is C17H28BrN7O2. The molecule has 0 spiro atoms. The van der Waals surface area contributed by atoms with Crippen molar-refractivity contribution >= 4 is 33.7 Å². The summed E-state index contributed by atoms with van der Waals surface area (Å²) in [6.07, 6.45) is 2.12. The van der Waals surface area contributed by atoms with E-state index in [1.165, 1.54) is 0 Å². The van der Waals surface area contributed by atoms with Crippen LogP contribution < -0.4 is 15.0 Å². The summed E-state index contributed by atoms with van der Waals surface area (Å²) in [6, 6.07) is 0. The first kappa shape index (κ1) is 21.2. The Morgan fingerprint density at radius 1 is 1.37 bits per heavy atom. The molecule has 0 aromatic carbocycles. The van der Waals surface area contributed by atoms with E-state index < -0.39 is 0 Å². The van der Waals surface area contributed by atoms with E-state index in [1.807, 2.05) is 6.92 Å². The van der Waals surface area contributed by atoms with Gasteiger partial charge in [0.05, 0.1) is 24.3 Å². The highest BCUT2D eigenvalue weighted by atomic mass is 79.9. The van der Waals surface area contributed by atoms with Crippen molar-refractivity contribution in [2.45, 2.75) is 13.3 Å². The van der Waals surface area contributed by atoms with Crippen molar-refractivity contribution in [1.29, 1.82) is 0 Å². The monoisotopic (exact) mass is 441 g/mol. The fourth-order valence-corrected chi connectivity index (χ4v) is 3.02. The fraction of sp³-hybridized carbons (Fsp3) is 0.647. The minimum atomic E-state index is 0.0840. The summed E-state index contributed by atoms with van der Waals surface area (Å²) >= 11 is 3.38. The van der Waals surface area contributed by atoms with Crippen LogP contribution in [0.2, 0.25) is 0 Å². The zero-order valence-electron chi connectivity index (χ0n) is 16.4. The molecule has 0 aliphatic carbocycles. The van der Waals surface area contributed by atoms with Crippen molar-refractivity contribution in [3.8, 4) is 5.88 Å². The van der Waals surface area contributed by atoms with Gasteiger partial charge in [0, 0.05) is 53.2 Å². The number of hydrogen-bond acceptors (Lipinski definition) is 6. The van der Waals surface area contributed by atoms with Gasteiger partial charge in [-0.1, -0.05) is 0 Å². The number of anilines is 1.